The Hall–Kier alpha value is -1.67. The number of nitrogens with one attached hydrogen (secondary N) is 2. The van der Waals surface area contributed by atoms with E-state index in [0.29, 0.717) is 22.9 Å². The third kappa shape index (κ3) is 4.96. The van der Waals surface area contributed by atoms with Crippen LogP contribution in [0.2, 0.25) is 0 Å². The van der Waals surface area contributed by atoms with Crippen LogP contribution in [0.3, 0.4) is 0 Å². The van der Waals surface area contributed by atoms with Crippen molar-refractivity contribution in [3.8, 4) is 5.75 Å². The fourth-order valence-electron chi connectivity index (χ4n) is 1.80. The minimum absolute atomic E-state index is 0.140. The van der Waals surface area contributed by atoms with Crippen molar-refractivity contribution in [2.24, 2.45) is 4.99 Å². The maximum absolute atomic E-state index is 12.0. The zero-order chi connectivity index (χ0) is 15.9. The van der Waals surface area contributed by atoms with Gasteiger partial charge in [0, 0.05) is 18.4 Å². The first-order valence-electron chi connectivity index (χ1n) is 6.64. The lowest BCUT2D eigenvalue weighted by atomic mass is 10.2. The summed E-state index contributed by atoms with van der Waals surface area (Å²) in [5.41, 5.74) is 1.13. The molecule has 0 saturated heterocycles. The summed E-state index contributed by atoms with van der Waals surface area (Å²) in [6.07, 6.45) is 0. The molecule has 2 amide bonds. The molecule has 0 aliphatic carbocycles. The van der Waals surface area contributed by atoms with Gasteiger partial charge in [0.15, 0.2) is 0 Å². The maximum Gasteiger partial charge on any atom is 0.234 e. The highest BCUT2D eigenvalue weighted by molar-refractivity contribution is 8.39. The van der Waals surface area contributed by atoms with Gasteiger partial charge in [-0.1, -0.05) is 23.5 Å². The zero-order valence-corrected chi connectivity index (χ0v) is 14.0. The maximum atomic E-state index is 12.0. The number of rotatable bonds is 5. The quantitative estimate of drug-likeness (QED) is 0.861. The summed E-state index contributed by atoms with van der Waals surface area (Å²) in [6, 6.07) is 5.09. The molecule has 1 aromatic rings. The predicted octanol–water partition coefficient (Wildman–Crippen LogP) is 2.43. The Kier molecular flexibility index (Phi) is 6.14. The number of carbonyl (C=O) groups excluding carboxylic acids is 2. The molecule has 118 valence electrons. The molecule has 0 unspecified atom stereocenters. The number of thioether (sulfide) groups is 2. The Balaban J connectivity index is 1.99. The van der Waals surface area contributed by atoms with E-state index < -0.39 is 0 Å². The summed E-state index contributed by atoms with van der Waals surface area (Å²) in [7, 11) is 1.53. The Bertz CT molecular complexity index is 605. The standard InChI is InChI=1S/C14H17N3O3S2/c1-9(18)16-10-3-4-12(20-2)11(7-10)17-13(19)8-22-14-15-5-6-21-14/h3-4,7H,5-6,8H2,1-2H3,(H,16,18)(H,17,19). The first-order chi connectivity index (χ1) is 10.6. The summed E-state index contributed by atoms with van der Waals surface area (Å²) in [5.74, 6) is 1.50. The van der Waals surface area contributed by atoms with E-state index in [0.717, 1.165) is 16.7 Å². The Morgan fingerprint density at radius 3 is 2.86 bits per heavy atom. The summed E-state index contributed by atoms with van der Waals surface area (Å²) >= 11 is 3.10. The molecule has 1 aliphatic heterocycles. The number of hydrogen-bond acceptors (Lipinski definition) is 6. The fourth-order valence-corrected chi connectivity index (χ4v) is 3.61. The van der Waals surface area contributed by atoms with Crippen molar-refractivity contribution < 1.29 is 14.3 Å². The largest absolute Gasteiger partial charge is 0.495 e. The molecule has 8 heteroatoms. The average molecular weight is 339 g/mol. The highest BCUT2D eigenvalue weighted by atomic mass is 32.2. The van der Waals surface area contributed by atoms with E-state index in [2.05, 4.69) is 15.6 Å². The number of benzene rings is 1. The van der Waals surface area contributed by atoms with Crippen LogP contribution in [-0.2, 0) is 9.59 Å². The van der Waals surface area contributed by atoms with Crippen LogP contribution >= 0.6 is 23.5 Å². The highest BCUT2D eigenvalue weighted by Crippen LogP contribution is 2.28. The molecule has 0 spiro atoms. The van der Waals surface area contributed by atoms with Crippen LogP contribution in [-0.4, -0.2) is 41.4 Å². The van der Waals surface area contributed by atoms with Gasteiger partial charge in [-0.3, -0.25) is 14.6 Å². The van der Waals surface area contributed by atoms with Gasteiger partial charge in [-0.05, 0) is 18.2 Å². The second kappa shape index (κ2) is 8.09. The van der Waals surface area contributed by atoms with Gasteiger partial charge in [-0.2, -0.15) is 0 Å². The van der Waals surface area contributed by atoms with E-state index in [1.807, 2.05) is 0 Å². The third-order valence-electron chi connectivity index (χ3n) is 2.68. The molecule has 1 aromatic carbocycles. The van der Waals surface area contributed by atoms with Crippen molar-refractivity contribution in [3.05, 3.63) is 18.2 Å². The fraction of sp³-hybridized carbons (Fsp3) is 0.357. The average Bonchev–Trinajstić information content (AvgIpc) is 2.98. The van der Waals surface area contributed by atoms with Gasteiger partial charge in [0.05, 0.1) is 25.1 Å². The van der Waals surface area contributed by atoms with Crippen molar-refractivity contribution in [1.82, 2.24) is 0 Å². The number of anilines is 2. The zero-order valence-electron chi connectivity index (χ0n) is 12.3. The number of methoxy groups -OCH3 is 1. The van der Waals surface area contributed by atoms with E-state index in [9.17, 15) is 9.59 Å². The lowest BCUT2D eigenvalue weighted by Gasteiger charge is -2.12. The molecule has 1 aliphatic rings. The van der Waals surface area contributed by atoms with E-state index in [-0.39, 0.29) is 11.8 Å². The number of carbonyl (C=O) groups is 2. The van der Waals surface area contributed by atoms with E-state index >= 15 is 0 Å². The van der Waals surface area contributed by atoms with Gasteiger partial charge < -0.3 is 15.4 Å². The smallest absolute Gasteiger partial charge is 0.234 e. The molecule has 0 saturated carbocycles. The van der Waals surface area contributed by atoms with Crippen LogP contribution in [0, 0.1) is 0 Å². The van der Waals surface area contributed by atoms with Crippen LogP contribution < -0.4 is 15.4 Å². The molecule has 6 nitrogen and oxygen atoms in total. The van der Waals surface area contributed by atoms with Gasteiger partial charge in [-0.15, -0.1) is 0 Å². The Morgan fingerprint density at radius 1 is 1.41 bits per heavy atom. The molecule has 0 atom stereocenters. The van der Waals surface area contributed by atoms with Crippen LogP contribution in [0.5, 0.6) is 5.75 Å². The second-order valence-electron chi connectivity index (χ2n) is 4.43. The highest BCUT2D eigenvalue weighted by Gasteiger charge is 2.13. The molecule has 22 heavy (non-hydrogen) atoms. The first-order valence-corrected chi connectivity index (χ1v) is 8.61. The third-order valence-corrected chi connectivity index (χ3v) is 4.93. The van der Waals surface area contributed by atoms with Crippen molar-refractivity contribution in [2.75, 3.05) is 35.8 Å². The molecular formula is C14H17N3O3S2. The van der Waals surface area contributed by atoms with Crippen molar-refractivity contribution in [2.45, 2.75) is 6.92 Å². The lowest BCUT2D eigenvalue weighted by molar-refractivity contribution is -0.114. The van der Waals surface area contributed by atoms with Crippen molar-refractivity contribution in [3.63, 3.8) is 0 Å². The van der Waals surface area contributed by atoms with Gasteiger partial charge >= 0.3 is 0 Å². The van der Waals surface area contributed by atoms with Crippen LogP contribution in [0.25, 0.3) is 0 Å². The number of nitrogens with zero attached hydrogens (tertiary/aromatic N) is 1. The molecule has 2 N–H and O–H groups in total. The summed E-state index contributed by atoms with van der Waals surface area (Å²) in [5, 5.41) is 5.47. The van der Waals surface area contributed by atoms with Crippen molar-refractivity contribution in [1.29, 1.82) is 0 Å². The summed E-state index contributed by atoms with van der Waals surface area (Å²) in [6.45, 7) is 2.25. The van der Waals surface area contributed by atoms with Crippen molar-refractivity contribution >= 4 is 51.1 Å². The van der Waals surface area contributed by atoms with E-state index in [4.69, 9.17) is 4.74 Å². The molecule has 0 bridgehead atoms. The molecular weight excluding hydrogens is 322 g/mol. The van der Waals surface area contributed by atoms with Gasteiger partial charge in [0.1, 0.15) is 10.1 Å². The van der Waals surface area contributed by atoms with E-state index in [1.165, 1.54) is 25.8 Å². The molecule has 0 fully saturated rings. The van der Waals surface area contributed by atoms with Gasteiger partial charge in [-0.25, -0.2) is 0 Å². The molecule has 0 aromatic heterocycles. The molecule has 2 rings (SSSR count). The minimum atomic E-state index is -0.172. The minimum Gasteiger partial charge on any atom is -0.495 e. The molecule has 0 radical (unpaired) electrons. The number of amides is 2. The second-order valence-corrected chi connectivity index (χ2v) is 6.74. The van der Waals surface area contributed by atoms with Crippen LogP contribution in [0.4, 0.5) is 11.4 Å². The number of ether oxygens (including phenoxy) is 1. The van der Waals surface area contributed by atoms with Crippen LogP contribution in [0.15, 0.2) is 23.2 Å². The monoisotopic (exact) mass is 339 g/mol. The normalized spacial score (nSPS) is 13.5. The Labute approximate surface area is 137 Å². The number of hydrogen-bond donors (Lipinski definition) is 2. The Morgan fingerprint density at radius 2 is 2.23 bits per heavy atom. The molecule has 1 heterocycles. The summed E-state index contributed by atoms with van der Waals surface area (Å²) < 4.78 is 6.17. The SMILES string of the molecule is COc1ccc(NC(C)=O)cc1NC(=O)CSC1=NCCS1. The lowest BCUT2D eigenvalue weighted by Crippen LogP contribution is -2.16. The number of aliphatic imine (C=N–C) groups is 1. The predicted molar refractivity (Wildman–Crippen MR) is 93.1 cm³/mol. The van der Waals surface area contributed by atoms with Crippen LogP contribution in [0.1, 0.15) is 6.92 Å². The first kappa shape index (κ1) is 16.7. The van der Waals surface area contributed by atoms with E-state index in [1.54, 1.807) is 30.0 Å². The van der Waals surface area contributed by atoms with Gasteiger partial charge in [0.25, 0.3) is 0 Å². The topological polar surface area (TPSA) is 79.8 Å². The van der Waals surface area contributed by atoms with Gasteiger partial charge in [0.2, 0.25) is 11.8 Å². The summed E-state index contributed by atoms with van der Waals surface area (Å²) in [4.78, 5) is 27.4.